The lowest BCUT2D eigenvalue weighted by Gasteiger charge is -2.28. The zero-order valence-electron chi connectivity index (χ0n) is 7.98. The topological polar surface area (TPSA) is 54.5 Å². The standard InChI is InChI=1S/C9H14NO3S/c11-7-8-2-1-5-10(6-8)14(12,13)9-3-4-9/h8-9H,1-6H2. The molecule has 0 aromatic carbocycles. The zero-order valence-corrected chi connectivity index (χ0v) is 8.79. The van der Waals surface area contributed by atoms with E-state index in [1.54, 1.807) is 0 Å². The van der Waals surface area contributed by atoms with Gasteiger partial charge in [0.1, 0.15) is 0 Å². The lowest BCUT2D eigenvalue weighted by Crippen LogP contribution is -2.41. The minimum absolute atomic E-state index is 0.159. The van der Waals surface area contributed by atoms with Crippen LogP contribution in [0.1, 0.15) is 25.7 Å². The summed E-state index contributed by atoms with van der Waals surface area (Å²) in [7, 11) is -3.08. The van der Waals surface area contributed by atoms with Crippen LogP contribution in [0.3, 0.4) is 0 Å². The van der Waals surface area contributed by atoms with Crippen molar-refractivity contribution in [3.63, 3.8) is 0 Å². The molecule has 2 aliphatic rings. The van der Waals surface area contributed by atoms with Crippen LogP contribution in [0.5, 0.6) is 0 Å². The maximum Gasteiger partial charge on any atom is 0.217 e. The smallest absolute Gasteiger partial charge is 0.217 e. The Balaban J connectivity index is 2.06. The van der Waals surface area contributed by atoms with E-state index in [0.29, 0.717) is 13.1 Å². The van der Waals surface area contributed by atoms with Crippen molar-refractivity contribution in [2.45, 2.75) is 30.9 Å². The molecule has 4 nitrogen and oxygen atoms in total. The SMILES string of the molecule is O=[C]C1CCCN(S(=O)(=O)C2CC2)C1. The molecule has 0 aromatic heterocycles. The van der Waals surface area contributed by atoms with Crippen LogP contribution in [0.4, 0.5) is 0 Å². The van der Waals surface area contributed by atoms with Gasteiger partial charge >= 0.3 is 0 Å². The maximum atomic E-state index is 11.8. The summed E-state index contributed by atoms with van der Waals surface area (Å²) in [4.78, 5) is 10.5. The van der Waals surface area contributed by atoms with E-state index in [0.717, 1.165) is 25.7 Å². The Kier molecular flexibility index (Phi) is 2.62. The van der Waals surface area contributed by atoms with Gasteiger partial charge in [-0.25, -0.2) is 12.7 Å². The first kappa shape index (κ1) is 10.1. The molecule has 14 heavy (non-hydrogen) atoms. The van der Waals surface area contributed by atoms with E-state index in [4.69, 9.17) is 0 Å². The normalized spacial score (nSPS) is 30.1. The molecular formula is C9H14NO3S. The van der Waals surface area contributed by atoms with Crippen LogP contribution in [0.15, 0.2) is 0 Å². The highest BCUT2D eigenvalue weighted by atomic mass is 32.2. The second-order valence-corrected chi connectivity index (χ2v) is 6.27. The van der Waals surface area contributed by atoms with Crippen LogP contribution in [0.2, 0.25) is 0 Å². The highest BCUT2D eigenvalue weighted by Gasteiger charge is 2.41. The number of nitrogens with zero attached hydrogens (tertiary/aromatic N) is 1. The molecule has 0 bridgehead atoms. The van der Waals surface area contributed by atoms with E-state index >= 15 is 0 Å². The van der Waals surface area contributed by atoms with Crippen LogP contribution >= 0.6 is 0 Å². The number of sulfonamides is 1. The van der Waals surface area contributed by atoms with E-state index < -0.39 is 10.0 Å². The fraction of sp³-hybridized carbons (Fsp3) is 0.889. The lowest BCUT2D eigenvalue weighted by molar-refractivity contribution is 0.305. The molecule has 2 fully saturated rings. The highest BCUT2D eigenvalue weighted by molar-refractivity contribution is 7.90. The largest absolute Gasteiger partial charge is 0.291 e. The average molecular weight is 216 g/mol. The van der Waals surface area contributed by atoms with Gasteiger partial charge in [0.2, 0.25) is 16.3 Å². The Morgan fingerprint density at radius 3 is 2.50 bits per heavy atom. The van der Waals surface area contributed by atoms with E-state index in [2.05, 4.69) is 0 Å². The Hall–Kier alpha value is -0.420. The molecule has 0 spiro atoms. The van der Waals surface area contributed by atoms with Crippen molar-refractivity contribution in [1.82, 2.24) is 4.31 Å². The molecule has 0 amide bonds. The minimum atomic E-state index is -3.08. The van der Waals surface area contributed by atoms with E-state index in [1.165, 1.54) is 4.31 Å². The van der Waals surface area contributed by atoms with Gasteiger partial charge in [-0.15, -0.1) is 0 Å². The molecule has 1 aliphatic heterocycles. The molecule has 1 unspecified atom stereocenters. The molecule has 0 N–H and O–H groups in total. The Labute approximate surface area is 84.3 Å². The molecule has 0 aromatic rings. The quantitative estimate of drug-likeness (QED) is 0.682. The molecule has 1 heterocycles. The Morgan fingerprint density at radius 2 is 1.93 bits per heavy atom. The van der Waals surface area contributed by atoms with Gasteiger partial charge in [-0.3, -0.25) is 4.79 Å². The third-order valence-corrected chi connectivity index (χ3v) is 5.22. The van der Waals surface area contributed by atoms with Gasteiger partial charge in [0.25, 0.3) is 0 Å². The minimum Gasteiger partial charge on any atom is -0.291 e. The number of hydrogen-bond acceptors (Lipinski definition) is 3. The van der Waals surface area contributed by atoms with Crippen molar-refractivity contribution in [3.8, 4) is 0 Å². The van der Waals surface area contributed by atoms with Crippen molar-refractivity contribution >= 4 is 16.3 Å². The van der Waals surface area contributed by atoms with Gasteiger partial charge in [-0.05, 0) is 25.7 Å². The molecule has 1 saturated carbocycles. The first-order chi connectivity index (χ1) is 6.64. The number of rotatable bonds is 3. The fourth-order valence-corrected chi connectivity index (χ4v) is 3.77. The first-order valence-electron chi connectivity index (χ1n) is 5.01. The first-order valence-corrected chi connectivity index (χ1v) is 6.51. The monoisotopic (exact) mass is 216 g/mol. The third-order valence-electron chi connectivity index (χ3n) is 2.86. The van der Waals surface area contributed by atoms with Crippen molar-refractivity contribution in [2.75, 3.05) is 13.1 Å². The second kappa shape index (κ2) is 3.62. The molecule has 5 heteroatoms. The summed E-state index contributed by atoms with van der Waals surface area (Å²) in [6, 6.07) is 0. The van der Waals surface area contributed by atoms with Crippen molar-refractivity contribution < 1.29 is 13.2 Å². The zero-order chi connectivity index (χ0) is 10.2. The summed E-state index contributed by atoms with van der Waals surface area (Å²) in [5, 5.41) is -0.159. The van der Waals surface area contributed by atoms with Crippen LogP contribution < -0.4 is 0 Å². The van der Waals surface area contributed by atoms with Gasteiger partial charge in [-0.1, -0.05) is 0 Å². The number of hydrogen-bond donors (Lipinski definition) is 0. The van der Waals surface area contributed by atoms with Crippen LogP contribution in [-0.4, -0.2) is 37.3 Å². The lowest BCUT2D eigenvalue weighted by atomic mass is 10.0. The summed E-state index contributed by atoms with van der Waals surface area (Å²) in [6.45, 7) is 0.930. The second-order valence-electron chi connectivity index (χ2n) is 4.06. The van der Waals surface area contributed by atoms with Crippen molar-refractivity contribution in [1.29, 1.82) is 0 Å². The van der Waals surface area contributed by atoms with Crippen LogP contribution in [-0.2, 0) is 14.8 Å². The molecular weight excluding hydrogens is 202 g/mol. The molecule has 1 aliphatic carbocycles. The van der Waals surface area contributed by atoms with Crippen molar-refractivity contribution in [2.24, 2.45) is 5.92 Å². The Morgan fingerprint density at radius 1 is 1.21 bits per heavy atom. The maximum absolute atomic E-state index is 11.8. The van der Waals surface area contributed by atoms with Crippen LogP contribution in [0, 0.1) is 5.92 Å². The molecule has 1 atom stereocenters. The number of piperidine rings is 1. The van der Waals surface area contributed by atoms with E-state index in [9.17, 15) is 13.2 Å². The summed E-state index contributed by atoms with van der Waals surface area (Å²) < 4.78 is 25.1. The molecule has 79 valence electrons. The van der Waals surface area contributed by atoms with E-state index in [1.807, 2.05) is 6.29 Å². The van der Waals surface area contributed by atoms with Gasteiger partial charge in [0, 0.05) is 19.0 Å². The predicted octanol–water partition coefficient (Wildman–Crippen LogP) is 0.300. The van der Waals surface area contributed by atoms with Crippen LogP contribution in [0.25, 0.3) is 0 Å². The molecule has 2 rings (SSSR count). The fourth-order valence-electron chi connectivity index (χ4n) is 1.85. The molecule has 1 saturated heterocycles. The van der Waals surface area contributed by atoms with Gasteiger partial charge in [0.05, 0.1) is 5.25 Å². The predicted molar refractivity (Wildman–Crippen MR) is 51.9 cm³/mol. The summed E-state index contributed by atoms with van der Waals surface area (Å²) in [5.74, 6) is -0.211. The third kappa shape index (κ3) is 1.83. The van der Waals surface area contributed by atoms with Crippen molar-refractivity contribution in [3.05, 3.63) is 0 Å². The van der Waals surface area contributed by atoms with Gasteiger partial charge < -0.3 is 0 Å². The summed E-state index contributed by atoms with van der Waals surface area (Å²) in [6.07, 6.45) is 5.04. The number of carbonyl (C=O) groups excluding carboxylic acids is 1. The molecule has 1 radical (unpaired) electrons. The van der Waals surface area contributed by atoms with Gasteiger partial charge in [-0.2, -0.15) is 0 Å². The average Bonchev–Trinajstić information content (AvgIpc) is 3.01. The Bertz CT molecular complexity index is 321. The summed E-state index contributed by atoms with van der Waals surface area (Å²) >= 11 is 0. The highest BCUT2D eigenvalue weighted by Crippen LogP contribution is 2.32. The van der Waals surface area contributed by atoms with Gasteiger partial charge in [0.15, 0.2) is 0 Å². The van der Waals surface area contributed by atoms with E-state index in [-0.39, 0.29) is 11.2 Å². The summed E-state index contributed by atoms with van der Waals surface area (Å²) in [5.41, 5.74) is 0.